The predicted octanol–water partition coefficient (Wildman–Crippen LogP) is 2.77. The van der Waals surface area contributed by atoms with Crippen LogP contribution in [0.3, 0.4) is 0 Å². The summed E-state index contributed by atoms with van der Waals surface area (Å²) in [4.78, 5) is 24.5. The number of nitrogens with zero attached hydrogens (tertiary/aromatic N) is 2. The fourth-order valence-electron chi connectivity index (χ4n) is 2.95. The molecule has 0 bridgehead atoms. The summed E-state index contributed by atoms with van der Waals surface area (Å²) < 4.78 is 0. The fourth-order valence-corrected chi connectivity index (χ4v) is 2.95. The van der Waals surface area contributed by atoms with Crippen molar-refractivity contribution < 1.29 is 9.72 Å². The first kappa shape index (κ1) is 16.9. The van der Waals surface area contributed by atoms with Gasteiger partial charge in [0.2, 0.25) is 0 Å². The third-order valence-electron chi connectivity index (χ3n) is 4.24. The SMILES string of the molecule is O=C(NCCN1CCc2ccccc2C1)Nc1cccc([N+](=O)[O-])c1. The molecule has 130 valence electrons. The first-order valence-corrected chi connectivity index (χ1v) is 8.20. The van der Waals surface area contributed by atoms with Gasteiger partial charge in [0.05, 0.1) is 4.92 Å². The van der Waals surface area contributed by atoms with Crippen LogP contribution in [0.2, 0.25) is 0 Å². The Labute approximate surface area is 145 Å². The number of fused-ring (bicyclic) bond motifs is 1. The van der Waals surface area contributed by atoms with Crippen molar-refractivity contribution in [3.05, 3.63) is 69.8 Å². The minimum Gasteiger partial charge on any atom is -0.337 e. The standard InChI is InChI=1S/C18H20N4O3/c23-18(20-16-6-3-7-17(12-16)22(24)25)19-9-11-21-10-8-14-4-1-2-5-15(14)13-21/h1-7,12H,8-11,13H2,(H2,19,20,23). The van der Waals surface area contributed by atoms with Crippen LogP contribution in [-0.2, 0) is 13.0 Å². The average Bonchev–Trinajstić information content (AvgIpc) is 2.62. The number of hydrogen-bond donors (Lipinski definition) is 2. The summed E-state index contributed by atoms with van der Waals surface area (Å²) in [5, 5.41) is 16.2. The van der Waals surface area contributed by atoms with Crippen molar-refractivity contribution in [3.63, 3.8) is 0 Å². The molecule has 0 atom stereocenters. The molecule has 3 rings (SSSR count). The number of carbonyl (C=O) groups is 1. The molecular weight excluding hydrogens is 320 g/mol. The van der Waals surface area contributed by atoms with Crippen molar-refractivity contribution in [2.45, 2.75) is 13.0 Å². The number of non-ortho nitro benzene ring substituents is 1. The summed E-state index contributed by atoms with van der Waals surface area (Å²) in [5.74, 6) is 0. The highest BCUT2D eigenvalue weighted by Gasteiger charge is 2.15. The van der Waals surface area contributed by atoms with E-state index in [9.17, 15) is 14.9 Å². The Morgan fingerprint density at radius 1 is 1.16 bits per heavy atom. The lowest BCUT2D eigenvalue weighted by molar-refractivity contribution is -0.384. The highest BCUT2D eigenvalue weighted by atomic mass is 16.6. The lowest BCUT2D eigenvalue weighted by atomic mass is 10.00. The van der Waals surface area contributed by atoms with Gasteiger partial charge in [-0.25, -0.2) is 4.79 Å². The molecule has 1 aliphatic rings. The van der Waals surface area contributed by atoms with E-state index in [0.717, 1.165) is 26.1 Å². The van der Waals surface area contributed by atoms with Crippen LogP contribution in [0.25, 0.3) is 0 Å². The van der Waals surface area contributed by atoms with Gasteiger partial charge in [0.25, 0.3) is 5.69 Å². The van der Waals surface area contributed by atoms with Gasteiger partial charge < -0.3 is 10.6 Å². The lowest BCUT2D eigenvalue weighted by Gasteiger charge is -2.28. The number of carbonyl (C=O) groups excluding carboxylic acids is 1. The molecule has 7 nitrogen and oxygen atoms in total. The number of nitro benzene ring substituents is 1. The number of benzene rings is 2. The third kappa shape index (κ3) is 4.54. The van der Waals surface area contributed by atoms with Crippen LogP contribution in [0.1, 0.15) is 11.1 Å². The van der Waals surface area contributed by atoms with Gasteiger partial charge >= 0.3 is 6.03 Å². The number of nitrogens with one attached hydrogen (secondary N) is 2. The Kier molecular flexibility index (Phi) is 5.25. The molecule has 0 spiro atoms. The zero-order valence-electron chi connectivity index (χ0n) is 13.8. The highest BCUT2D eigenvalue weighted by molar-refractivity contribution is 5.89. The van der Waals surface area contributed by atoms with Crippen molar-refractivity contribution in [1.82, 2.24) is 10.2 Å². The van der Waals surface area contributed by atoms with E-state index in [2.05, 4.69) is 33.7 Å². The van der Waals surface area contributed by atoms with Crippen molar-refractivity contribution in [3.8, 4) is 0 Å². The maximum atomic E-state index is 11.9. The molecule has 25 heavy (non-hydrogen) atoms. The smallest absolute Gasteiger partial charge is 0.319 e. The predicted molar refractivity (Wildman–Crippen MR) is 95.5 cm³/mol. The number of urea groups is 1. The molecule has 0 saturated heterocycles. The summed E-state index contributed by atoms with van der Waals surface area (Å²) in [6, 6.07) is 13.9. The average molecular weight is 340 g/mol. The van der Waals surface area contributed by atoms with Crippen LogP contribution in [0.5, 0.6) is 0 Å². The van der Waals surface area contributed by atoms with E-state index < -0.39 is 4.92 Å². The Bertz CT molecular complexity index is 778. The van der Waals surface area contributed by atoms with E-state index >= 15 is 0 Å². The normalized spacial score (nSPS) is 13.8. The molecule has 2 amide bonds. The van der Waals surface area contributed by atoms with Crippen molar-refractivity contribution in [2.75, 3.05) is 25.0 Å². The zero-order valence-corrected chi connectivity index (χ0v) is 13.8. The second-order valence-corrected chi connectivity index (χ2v) is 5.98. The largest absolute Gasteiger partial charge is 0.337 e. The second kappa shape index (κ2) is 7.76. The van der Waals surface area contributed by atoms with Gasteiger partial charge in [0, 0.05) is 44.0 Å². The van der Waals surface area contributed by atoms with Gasteiger partial charge in [-0.15, -0.1) is 0 Å². The summed E-state index contributed by atoms with van der Waals surface area (Å²) >= 11 is 0. The Morgan fingerprint density at radius 3 is 2.76 bits per heavy atom. The number of hydrogen-bond acceptors (Lipinski definition) is 4. The van der Waals surface area contributed by atoms with E-state index in [1.54, 1.807) is 12.1 Å². The van der Waals surface area contributed by atoms with Gasteiger partial charge in [0.15, 0.2) is 0 Å². The van der Waals surface area contributed by atoms with Gasteiger partial charge in [-0.1, -0.05) is 30.3 Å². The topological polar surface area (TPSA) is 87.5 Å². The molecule has 0 radical (unpaired) electrons. The highest BCUT2D eigenvalue weighted by Crippen LogP contribution is 2.18. The summed E-state index contributed by atoms with van der Waals surface area (Å²) in [6.45, 7) is 3.15. The molecule has 2 aromatic carbocycles. The van der Waals surface area contributed by atoms with Crippen LogP contribution < -0.4 is 10.6 Å². The molecule has 0 unspecified atom stereocenters. The van der Waals surface area contributed by atoms with Crippen LogP contribution >= 0.6 is 0 Å². The molecule has 0 aromatic heterocycles. The molecule has 7 heteroatoms. The molecule has 1 heterocycles. The van der Waals surface area contributed by atoms with Crippen LogP contribution in [0.4, 0.5) is 16.2 Å². The van der Waals surface area contributed by atoms with Gasteiger partial charge in [0.1, 0.15) is 0 Å². The zero-order chi connectivity index (χ0) is 17.6. The van der Waals surface area contributed by atoms with Crippen molar-refractivity contribution in [1.29, 1.82) is 0 Å². The van der Waals surface area contributed by atoms with E-state index in [4.69, 9.17) is 0 Å². The van der Waals surface area contributed by atoms with Crippen molar-refractivity contribution in [2.24, 2.45) is 0 Å². The summed E-state index contributed by atoms with van der Waals surface area (Å²) in [5.41, 5.74) is 3.09. The number of nitro groups is 1. The Morgan fingerprint density at radius 2 is 1.96 bits per heavy atom. The number of amides is 2. The van der Waals surface area contributed by atoms with E-state index in [-0.39, 0.29) is 11.7 Å². The second-order valence-electron chi connectivity index (χ2n) is 5.98. The van der Waals surface area contributed by atoms with Crippen LogP contribution in [0.15, 0.2) is 48.5 Å². The van der Waals surface area contributed by atoms with Crippen LogP contribution in [-0.4, -0.2) is 35.5 Å². The van der Waals surface area contributed by atoms with E-state index in [0.29, 0.717) is 12.2 Å². The fraction of sp³-hybridized carbons (Fsp3) is 0.278. The van der Waals surface area contributed by atoms with Gasteiger partial charge in [-0.05, 0) is 23.6 Å². The van der Waals surface area contributed by atoms with E-state index in [1.807, 2.05) is 6.07 Å². The summed E-state index contributed by atoms with van der Waals surface area (Å²) in [6.07, 6.45) is 1.02. The Hall–Kier alpha value is -2.93. The monoisotopic (exact) mass is 340 g/mol. The van der Waals surface area contributed by atoms with Crippen LogP contribution in [0, 0.1) is 10.1 Å². The Balaban J connectivity index is 1.44. The van der Waals surface area contributed by atoms with Crippen molar-refractivity contribution >= 4 is 17.4 Å². The maximum Gasteiger partial charge on any atom is 0.319 e. The minimum atomic E-state index is -0.489. The maximum absolute atomic E-state index is 11.9. The lowest BCUT2D eigenvalue weighted by Crippen LogP contribution is -2.39. The quantitative estimate of drug-likeness (QED) is 0.647. The summed E-state index contributed by atoms with van der Waals surface area (Å²) in [7, 11) is 0. The minimum absolute atomic E-state index is 0.0511. The first-order chi connectivity index (χ1) is 12.1. The molecule has 2 N–H and O–H groups in total. The van der Waals surface area contributed by atoms with Gasteiger partial charge in [-0.3, -0.25) is 15.0 Å². The molecule has 0 saturated carbocycles. The molecule has 2 aromatic rings. The number of anilines is 1. The molecule has 1 aliphatic heterocycles. The number of rotatable bonds is 5. The first-order valence-electron chi connectivity index (χ1n) is 8.20. The van der Waals surface area contributed by atoms with E-state index in [1.165, 1.54) is 23.3 Å². The molecular formula is C18H20N4O3. The molecule has 0 aliphatic carbocycles. The van der Waals surface area contributed by atoms with Gasteiger partial charge in [-0.2, -0.15) is 0 Å². The molecule has 0 fully saturated rings. The third-order valence-corrected chi connectivity index (χ3v) is 4.24.